The van der Waals surface area contributed by atoms with Gasteiger partial charge < -0.3 is 11.1 Å². The molecule has 0 spiro atoms. The first kappa shape index (κ1) is 15.1. The van der Waals surface area contributed by atoms with Crippen LogP contribution < -0.4 is 11.1 Å². The van der Waals surface area contributed by atoms with E-state index in [0.29, 0.717) is 0 Å². The van der Waals surface area contributed by atoms with Gasteiger partial charge in [-0.25, -0.2) is 4.39 Å². The van der Waals surface area contributed by atoms with Gasteiger partial charge in [0.1, 0.15) is 0 Å². The number of nitrogens with one attached hydrogen (secondary N) is 1. The van der Waals surface area contributed by atoms with E-state index in [2.05, 4.69) is 5.32 Å². The molecule has 0 heterocycles. The highest BCUT2D eigenvalue weighted by molar-refractivity contribution is 6.42. The Morgan fingerprint density at radius 1 is 1.43 bits per heavy atom. The number of benzene rings is 1. The number of carbonyl (C=O) groups is 1. The van der Waals surface area contributed by atoms with Crippen LogP contribution in [0.25, 0.3) is 0 Å². The molecule has 3 nitrogen and oxygen atoms in total. The number of hydrogen-bond acceptors (Lipinski definition) is 2. The van der Waals surface area contributed by atoms with Crippen molar-refractivity contribution in [2.75, 3.05) is 5.32 Å². The molecule has 21 heavy (non-hydrogen) atoms. The van der Waals surface area contributed by atoms with Gasteiger partial charge in [-0.05, 0) is 43.2 Å². The first-order valence-corrected chi connectivity index (χ1v) is 7.73. The van der Waals surface area contributed by atoms with E-state index in [0.717, 1.165) is 25.7 Å². The molecule has 0 aromatic heterocycles. The smallest absolute Gasteiger partial charge is 0.227 e. The molecule has 3 N–H and O–H groups in total. The van der Waals surface area contributed by atoms with Crippen LogP contribution in [0.15, 0.2) is 12.1 Å². The van der Waals surface area contributed by atoms with Crippen LogP contribution >= 0.6 is 23.2 Å². The van der Waals surface area contributed by atoms with Gasteiger partial charge in [0.15, 0.2) is 5.82 Å². The van der Waals surface area contributed by atoms with Crippen LogP contribution in [0.3, 0.4) is 0 Å². The van der Waals surface area contributed by atoms with E-state index in [-0.39, 0.29) is 38.5 Å². The SMILES string of the molecule is CC(CC12CC(N)(C1)C2)C(=O)Nc1ccc(Cl)c(Cl)c1F. The number of anilines is 1. The maximum atomic E-state index is 13.9. The van der Waals surface area contributed by atoms with Crippen molar-refractivity contribution >= 4 is 34.8 Å². The fourth-order valence-electron chi connectivity index (χ4n) is 3.92. The number of hydrogen-bond donors (Lipinski definition) is 2. The molecule has 2 bridgehead atoms. The number of amides is 1. The van der Waals surface area contributed by atoms with Crippen molar-refractivity contribution in [1.82, 2.24) is 0 Å². The lowest BCUT2D eigenvalue weighted by atomic mass is 9.38. The van der Waals surface area contributed by atoms with E-state index >= 15 is 0 Å². The molecule has 0 saturated heterocycles. The second-order valence-electron chi connectivity index (χ2n) is 6.71. The monoisotopic (exact) mass is 330 g/mol. The summed E-state index contributed by atoms with van der Waals surface area (Å²) in [4.78, 5) is 12.2. The number of halogens is 3. The standard InChI is InChI=1S/C15H17Cl2FN2O/c1-8(4-14-5-15(19,6-14)7-14)13(21)20-10-3-2-9(16)11(17)12(10)18/h2-3,8H,4-7,19H2,1H3,(H,20,21). The van der Waals surface area contributed by atoms with Crippen LogP contribution in [0.1, 0.15) is 32.6 Å². The molecule has 0 radical (unpaired) electrons. The Kier molecular flexibility index (Phi) is 3.47. The van der Waals surface area contributed by atoms with E-state index in [1.54, 1.807) is 0 Å². The maximum Gasteiger partial charge on any atom is 0.227 e. The molecule has 1 aromatic carbocycles. The highest BCUT2D eigenvalue weighted by atomic mass is 35.5. The van der Waals surface area contributed by atoms with Gasteiger partial charge in [0.25, 0.3) is 0 Å². The lowest BCUT2D eigenvalue weighted by Crippen LogP contribution is -2.72. The Hall–Kier alpha value is -0.840. The molecular formula is C15H17Cl2FN2O. The molecule has 1 unspecified atom stereocenters. The third-order valence-electron chi connectivity index (χ3n) is 4.66. The van der Waals surface area contributed by atoms with Crippen LogP contribution in [0.2, 0.25) is 10.0 Å². The van der Waals surface area contributed by atoms with E-state index in [4.69, 9.17) is 28.9 Å². The summed E-state index contributed by atoms with van der Waals surface area (Å²) in [5, 5.41) is 2.54. The second-order valence-corrected chi connectivity index (χ2v) is 7.50. The normalized spacial score (nSPS) is 31.1. The fourth-order valence-corrected chi connectivity index (χ4v) is 4.23. The summed E-state index contributed by atoms with van der Waals surface area (Å²) in [5.41, 5.74) is 6.36. The minimum absolute atomic E-state index is 0.0337. The van der Waals surface area contributed by atoms with Crippen LogP contribution in [0.5, 0.6) is 0 Å². The Bertz CT molecular complexity index is 600. The molecule has 3 aliphatic rings. The molecule has 3 saturated carbocycles. The molecule has 6 heteroatoms. The van der Waals surface area contributed by atoms with Crippen LogP contribution in [-0.2, 0) is 4.79 Å². The molecule has 114 valence electrons. The fraction of sp³-hybridized carbons (Fsp3) is 0.533. The van der Waals surface area contributed by atoms with E-state index < -0.39 is 5.82 Å². The molecule has 1 amide bonds. The predicted octanol–water partition coefficient (Wildman–Crippen LogP) is 3.98. The van der Waals surface area contributed by atoms with E-state index in [1.165, 1.54) is 12.1 Å². The average Bonchev–Trinajstić information content (AvgIpc) is 2.36. The maximum absolute atomic E-state index is 13.9. The average molecular weight is 331 g/mol. The summed E-state index contributed by atoms with van der Waals surface area (Å²) in [7, 11) is 0. The Morgan fingerprint density at radius 2 is 2.05 bits per heavy atom. The van der Waals surface area contributed by atoms with E-state index in [1.807, 2.05) is 6.92 Å². The van der Waals surface area contributed by atoms with Gasteiger partial charge in [0, 0.05) is 11.5 Å². The predicted molar refractivity (Wildman–Crippen MR) is 82.0 cm³/mol. The van der Waals surface area contributed by atoms with Crippen LogP contribution in [0.4, 0.5) is 10.1 Å². The summed E-state index contributed by atoms with van der Waals surface area (Å²) in [6.45, 7) is 1.86. The summed E-state index contributed by atoms with van der Waals surface area (Å²) >= 11 is 11.5. The molecule has 1 aromatic rings. The van der Waals surface area contributed by atoms with Crippen LogP contribution in [0, 0.1) is 17.2 Å². The van der Waals surface area contributed by atoms with Gasteiger partial charge in [0.05, 0.1) is 15.7 Å². The van der Waals surface area contributed by atoms with Gasteiger partial charge >= 0.3 is 0 Å². The second kappa shape index (κ2) is 4.83. The molecule has 1 atom stereocenters. The molecule has 3 fully saturated rings. The molecular weight excluding hydrogens is 314 g/mol. The van der Waals surface area contributed by atoms with Crippen LogP contribution in [-0.4, -0.2) is 11.4 Å². The Balaban J connectivity index is 1.62. The van der Waals surface area contributed by atoms with Crippen molar-refractivity contribution in [2.45, 2.75) is 38.1 Å². The third kappa shape index (κ3) is 2.54. The van der Waals surface area contributed by atoms with E-state index in [9.17, 15) is 9.18 Å². The van der Waals surface area contributed by atoms with Gasteiger partial charge in [-0.2, -0.15) is 0 Å². The van der Waals surface area contributed by atoms with Crippen molar-refractivity contribution in [3.63, 3.8) is 0 Å². The van der Waals surface area contributed by atoms with Crippen molar-refractivity contribution in [1.29, 1.82) is 0 Å². The summed E-state index contributed by atoms with van der Waals surface area (Å²) in [5.74, 6) is -1.09. The molecule has 4 rings (SSSR count). The zero-order valence-electron chi connectivity index (χ0n) is 11.7. The number of rotatable bonds is 4. The van der Waals surface area contributed by atoms with Gasteiger partial charge in [-0.15, -0.1) is 0 Å². The summed E-state index contributed by atoms with van der Waals surface area (Å²) < 4.78 is 13.9. The minimum Gasteiger partial charge on any atom is -0.325 e. The topological polar surface area (TPSA) is 55.1 Å². The minimum atomic E-state index is -0.698. The summed E-state index contributed by atoms with van der Waals surface area (Å²) in [6.07, 6.45) is 3.79. The summed E-state index contributed by atoms with van der Waals surface area (Å²) in [6, 6.07) is 2.89. The lowest BCUT2D eigenvalue weighted by Gasteiger charge is -2.70. The first-order chi connectivity index (χ1) is 9.74. The zero-order valence-corrected chi connectivity index (χ0v) is 13.2. The Morgan fingerprint density at radius 3 is 2.62 bits per heavy atom. The van der Waals surface area contributed by atoms with Crippen molar-refractivity contribution in [2.24, 2.45) is 17.1 Å². The number of nitrogens with two attached hydrogens (primary N) is 1. The third-order valence-corrected chi connectivity index (χ3v) is 5.44. The van der Waals surface area contributed by atoms with Gasteiger partial charge in [-0.1, -0.05) is 30.1 Å². The van der Waals surface area contributed by atoms with Crippen molar-refractivity contribution < 1.29 is 9.18 Å². The van der Waals surface area contributed by atoms with Gasteiger partial charge in [0.2, 0.25) is 5.91 Å². The Labute approximate surface area is 133 Å². The van der Waals surface area contributed by atoms with Crippen molar-refractivity contribution in [3.05, 3.63) is 28.0 Å². The number of carbonyl (C=O) groups excluding carboxylic acids is 1. The highest BCUT2D eigenvalue weighted by Gasteiger charge is 2.65. The quantitative estimate of drug-likeness (QED) is 0.820. The van der Waals surface area contributed by atoms with Gasteiger partial charge in [-0.3, -0.25) is 4.79 Å². The van der Waals surface area contributed by atoms with Crippen molar-refractivity contribution in [3.8, 4) is 0 Å². The zero-order chi connectivity index (χ0) is 15.4. The molecule has 0 aliphatic heterocycles. The first-order valence-electron chi connectivity index (χ1n) is 6.97. The molecule has 3 aliphatic carbocycles. The largest absolute Gasteiger partial charge is 0.325 e. The lowest BCUT2D eigenvalue weighted by molar-refractivity contribution is -0.150. The highest BCUT2D eigenvalue weighted by Crippen LogP contribution is 2.68.